The largest absolute Gasteiger partial charge is 0.399 e. The van der Waals surface area contributed by atoms with Gasteiger partial charge in [-0.1, -0.05) is 12.1 Å². The van der Waals surface area contributed by atoms with Crippen molar-refractivity contribution >= 4 is 15.7 Å². The molecule has 0 saturated carbocycles. The molecule has 0 radical (unpaired) electrons. The zero-order valence-electron chi connectivity index (χ0n) is 10.5. The summed E-state index contributed by atoms with van der Waals surface area (Å²) in [6.45, 7) is 2.07. The molecule has 0 fully saturated rings. The van der Waals surface area contributed by atoms with Crippen LogP contribution in [0.15, 0.2) is 47.5 Å². The molecule has 1 aromatic carbocycles. The maximum atomic E-state index is 12.0. The summed E-state index contributed by atoms with van der Waals surface area (Å²) in [7, 11) is -3.55. The number of nitrogens with two attached hydrogens (primary N) is 1. The number of aromatic nitrogens is 1. The highest BCUT2D eigenvalue weighted by Gasteiger charge is 2.13. The maximum Gasteiger partial charge on any atom is 0.240 e. The number of benzene rings is 1. The second-order valence-electron chi connectivity index (χ2n) is 4.20. The summed E-state index contributed by atoms with van der Waals surface area (Å²) >= 11 is 0. The monoisotopic (exact) mass is 277 g/mol. The van der Waals surface area contributed by atoms with Crippen LogP contribution in [0, 0.1) is 6.92 Å². The molecule has 1 aromatic heterocycles. The molecule has 6 heteroatoms. The molecular formula is C13H15N3O2S. The van der Waals surface area contributed by atoms with Gasteiger partial charge in [0.2, 0.25) is 10.0 Å². The van der Waals surface area contributed by atoms with Crippen LogP contribution in [-0.4, -0.2) is 13.4 Å². The first-order valence-electron chi connectivity index (χ1n) is 5.74. The van der Waals surface area contributed by atoms with Crippen LogP contribution < -0.4 is 10.5 Å². The number of sulfonamides is 1. The molecule has 3 N–H and O–H groups in total. The predicted molar refractivity (Wildman–Crippen MR) is 73.9 cm³/mol. The van der Waals surface area contributed by atoms with Gasteiger partial charge in [0.25, 0.3) is 0 Å². The van der Waals surface area contributed by atoms with E-state index in [1.54, 1.807) is 18.3 Å². The SMILES string of the molecule is Cc1ccc(CNS(=O)(=O)c2cccc(N)c2)cn1. The topological polar surface area (TPSA) is 85.1 Å². The van der Waals surface area contributed by atoms with Crippen LogP contribution in [0.1, 0.15) is 11.3 Å². The smallest absolute Gasteiger partial charge is 0.240 e. The van der Waals surface area contributed by atoms with Crippen LogP contribution in [0.5, 0.6) is 0 Å². The number of nitrogen functional groups attached to an aromatic ring is 1. The van der Waals surface area contributed by atoms with Crippen molar-refractivity contribution < 1.29 is 8.42 Å². The maximum absolute atomic E-state index is 12.0. The fraction of sp³-hybridized carbons (Fsp3) is 0.154. The van der Waals surface area contributed by atoms with E-state index in [-0.39, 0.29) is 11.4 Å². The summed E-state index contributed by atoms with van der Waals surface area (Å²) in [6.07, 6.45) is 1.65. The van der Waals surface area contributed by atoms with Crippen LogP contribution in [0.4, 0.5) is 5.69 Å². The standard InChI is InChI=1S/C13H15N3O2S/c1-10-5-6-11(8-15-10)9-16-19(17,18)13-4-2-3-12(14)7-13/h2-8,16H,9,14H2,1H3. The van der Waals surface area contributed by atoms with E-state index in [0.29, 0.717) is 5.69 Å². The number of aryl methyl sites for hydroxylation is 1. The third kappa shape index (κ3) is 3.52. The average Bonchev–Trinajstić information content (AvgIpc) is 2.38. The molecule has 100 valence electrons. The van der Waals surface area contributed by atoms with Gasteiger partial charge in [0.05, 0.1) is 4.90 Å². The Bertz CT molecular complexity index is 667. The van der Waals surface area contributed by atoms with Gasteiger partial charge < -0.3 is 5.73 Å². The van der Waals surface area contributed by atoms with E-state index in [1.807, 2.05) is 19.1 Å². The zero-order valence-corrected chi connectivity index (χ0v) is 11.3. The molecule has 2 aromatic rings. The lowest BCUT2D eigenvalue weighted by Crippen LogP contribution is -2.23. The fourth-order valence-corrected chi connectivity index (χ4v) is 2.62. The van der Waals surface area contributed by atoms with Gasteiger partial charge >= 0.3 is 0 Å². The number of rotatable bonds is 4. The second kappa shape index (κ2) is 5.38. The first-order valence-corrected chi connectivity index (χ1v) is 7.22. The van der Waals surface area contributed by atoms with Crippen molar-refractivity contribution in [3.63, 3.8) is 0 Å². The van der Waals surface area contributed by atoms with Crippen LogP contribution in [0.25, 0.3) is 0 Å². The van der Waals surface area contributed by atoms with Gasteiger partial charge in [0, 0.05) is 24.1 Å². The van der Waals surface area contributed by atoms with Crippen molar-refractivity contribution in [2.45, 2.75) is 18.4 Å². The van der Waals surface area contributed by atoms with E-state index in [1.165, 1.54) is 12.1 Å². The van der Waals surface area contributed by atoms with Crippen molar-refractivity contribution in [3.05, 3.63) is 53.9 Å². The molecule has 19 heavy (non-hydrogen) atoms. The molecule has 0 bridgehead atoms. The molecule has 0 aliphatic carbocycles. The molecule has 0 atom stereocenters. The predicted octanol–water partition coefficient (Wildman–Crippen LogP) is 1.45. The number of pyridine rings is 1. The van der Waals surface area contributed by atoms with E-state index < -0.39 is 10.0 Å². The number of anilines is 1. The van der Waals surface area contributed by atoms with Crippen molar-refractivity contribution in [3.8, 4) is 0 Å². The van der Waals surface area contributed by atoms with Crippen LogP contribution in [0.2, 0.25) is 0 Å². The van der Waals surface area contributed by atoms with E-state index in [9.17, 15) is 8.42 Å². The van der Waals surface area contributed by atoms with Crippen molar-refractivity contribution in [2.24, 2.45) is 0 Å². The minimum Gasteiger partial charge on any atom is -0.399 e. The summed E-state index contributed by atoms with van der Waals surface area (Å²) in [5.41, 5.74) is 7.69. The van der Waals surface area contributed by atoms with Gasteiger partial charge in [-0.15, -0.1) is 0 Å². The summed E-state index contributed by atoms with van der Waals surface area (Å²) in [6, 6.07) is 9.86. The molecule has 0 saturated heterocycles. The Morgan fingerprint density at radius 2 is 2.05 bits per heavy atom. The Hall–Kier alpha value is -1.92. The van der Waals surface area contributed by atoms with Gasteiger partial charge in [0.15, 0.2) is 0 Å². The molecular weight excluding hydrogens is 262 g/mol. The number of nitrogens with zero attached hydrogens (tertiary/aromatic N) is 1. The third-order valence-corrected chi connectivity index (χ3v) is 4.01. The lowest BCUT2D eigenvalue weighted by molar-refractivity contribution is 0.581. The number of nitrogens with one attached hydrogen (secondary N) is 1. The Morgan fingerprint density at radius 1 is 1.26 bits per heavy atom. The highest BCUT2D eigenvalue weighted by Crippen LogP contribution is 2.13. The molecule has 0 aliphatic rings. The molecule has 0 aliphatic heterocycles. The normalized spacial score (nSPS) is 11.4. The molecule has 2 rings (SSSR count). The van der Waals surface area contributed by atoms with Gasteiger partial charge in [-0.25, -0.2) is 13.1 Å². The second-order valence-corrected chi connectivity index (χ2v) is 5.97. The summed E-state index contributed by atoms with van der Waals surface area (Å²) in [4.78, 5) is 4.27. The molecule has 5 nitrogen and oxygen atoms in total. The summed E-state index contributed by atoms with van der Waals surface area (Å²) in [5, 5.41) is 0. The Labute approximate surface area is 112 Å². The minimum absolute atomic E-state index is 0.160. The molecule has 0 unspecified atom stereocenters. The highest BCUT2D eigenvalue weighted by molar-refractivity contribution is 7.89. The summed E-state index contributed by atoms with van der Waals surface area (Å²) < 4.78 is 26.6. The van der Waals surface area contributed by atoms with E-state index >= 15 is 0 Å². The Balaban J connectivity index is 2.12. The highest BCUT2D eigenvalue weighted by atomic mass is 32.2. The van der Waals surface area contributed by atoms with Gasteiger partial charge in [-0.2, -0.15) is 0 Å². The average molecular weight is 277 g/mol. The number of hydrogen-bond donors (Lipinski definition) is 2. The minimum atomic E-state index is -3.55. The van der Waals surface area contributed by atoms with Gasteiger partial charge in [-0.3, -0.25) is 4.98 Å². The van der Waals surface area contributed by atoms with Crippen LogP contribution in [-0.2, 0) is 16.6 Å². The lowest BCUT2D eigenvalue weighted by Gasteiger charge is -2.07. The quantitative estimate of drug-likeness (QED) is 0.828. The van der Waals surface area contributed by atoms with E-state index in [4.69, 9.17) is 5.73 Å². The Morgan fingerprint density at radius 3 is 2.68 bits per heavy atom. The third-order valence-electron chi connectivity index (χ3n) is 2.61. The van der Waals surface area contributed by atoms with Crippen molar-refractivity contribution in [1.29, 1.82) is 0 Å². The Kier molecular flexibility index (Phi) is 3.82. The first kappa shape index (κ1) is 13.5. The zero-order chi connectivity index (χ0) is 13.9. The van der Waals surface area contributed by atoms with E-state index in [2.05, 4.69) is 9.71 Å². The van der Waals surface area contributed by atoms with Crippen molar-refractivity contribution in [2.75, 3.05) is 5.73 Å². The first-order chi connectivity index (χ1) is 8.97. The van der Waals surface area contributed by atoms with E-state index in [0.717, 1.165) is 11.3 Å². The number of hydrogen-bond acceptors (Lipinski definition) is 4. The van der Waals surface area contributed by atoms with Crippen LogP contribution in [0.3, 0.4) is 0 Å². The summed E-state index contributed by atoms with van der Waals surface area (Å²) in [5.74, 6) is 0. The van der Waals surface area contributed by atoms with Gasteiger partial charge in [0.1, 0.15) is 0 Å². The van der Waals surface area contributed by atoms with Crippen LogP contribution >= 0.6 is 0 Å². The fourth-order valence-electron chi connectivity index (χ4n) is 1.55. The van der Waals surface area contributed by atoms with Gasteiger partial charge in [-0.05, 0) is 36.8 Å². The molecule has 0 amide bonds. The molecule has 1 heterocycles. The molecule has 0 spiro atoms. The van der Waals surface area contributed by atoms with Crippen molar-refractivity contribution in [1.82, 2.24) is 9.71 Å². The lowest BCUT2D eigenvalue weighted by atomic mass is 10.2.